The summed E-state index contributed by atoms with van der Waals surface area (Å²) in [6.07, 6.45) is 6.38. The van der Waals surface area contributed by atoms with E-state index in [1.54, 1.807) is 0 Å². The third-order valence-electron chi connectivity index (χ3n) is 3.98. The molecule has 0 saturated heterocycles. The molecule has 0 saturated carbocycles. The molecule has 0 aliphatic rings. The minimum Gasteiger partial charge on any atom is -0.269 e. The maximum atomic E-state index is 4.83. The van der Waals surface area contributed by atoms with E-state index < -0.39 is 0 Å². The van der Waals surface area contributed by atoms with E-state index in [4.69, 9.17) is 4.99 Å². The predicted octanol–water partition coefficient (Wildman–Crippen LogP) is 5.00. The Morgan fingerprint density at radius 3 is 2.52 bits per heavy atom. The average molecular weight is 289 g/mol. The first-order chi connectivity index (χ1) is 9.90. The normalized spacial score (nSPS) is 14.9. The van der Waals surface area contributed by atoms with E-state index in [-0.39, 0.29) is 0 Å². The molecule has 1 rings (SSSR count). The molecule has 0 aliphatic heterocycles. The molecule has 0 aromatic carbocycles. The predicted molar refractivity (Wildman–Crippen MR) is 91.8 cm³/mol. The summed E-state index contributed by atoms with van der Waals surface area (Å²) in [5, 5.41) is 4.54. The van der Waals surface area contributed by atoms with Crippen LogP contribution in [0.15, 0.2) is 23.0 Å². The molecule has 0 N–H and O–H groups in total. The van der Waals surface area contributed by atoms with Crippen LogP contribution in [0.2, 0.25) is 0 Å². The van der Waals surface area contributed by atoms with Gasteiger partial charge in [0.05, 0.1) is 6.20 Å². The number of aromatic nitrogens is 2. The van der Waals surface area contributed by atoms with Gasteiger partial charge in [-0.05, 0) is 32.1 Å². The zero-order valence-corrected chi connectivity index (χ0v) is 14.8. The van der Waals surface area contributed by atoms with Gasteiger partial charge >= 0.3 is 0 Å². The second-order valence-corrected chi connectivity index (χ2v) is 6.23. The Hall–Kier alpha value is -1.38. The first-order valence-corrected chi connectivity index (χ1v) is 8.18. The third-order valence-corrected chi connectivity index (χ3v) is 3.98. The number of hydrogen-bond donors (Lipinski definition) is 0. The molecular formula is C18H31N3. The summed E-state index contributed by atoms with van der Waals surface area (Å²) in [6, 6.07) is 0. The SMILES string of the molecule is CC/C=C(/N=C(/C)c1cnn(CC(C)CC)c1C)C(C)C. The lowest BCUT2D eigenvalue weighted by atomic mass is 10.1. The molecule has 1 aromatic heterocycles. The topological polar surface area (TPSA) is 30.2 Å². The zero-order valence-electron chi connectivity index (χ0n) is 14.8. The van der Waals surface area contributed by atoms with Gasteiger partial charge in [-0.15, -0.1) is 0 Å². The van der Waals surface area contributed by atoms with Crippen LogP contribution in [-0.2, 0) is 6.54 Å². The Labute approximate surface area is 130 Å². The van der Waals surface area contributed by atoms with E-state index in [0.29, 0.717) is 11.8 Å². The van der Waals surface area contributed by atoms with Gasteiger partial charge in [0.25, 0.3) is 0 Å². The molecule has 0 bridgehead atoms. The summed E-state index contributed by atoms with van der Waals surface area (Å²) in [6.45, 7) is 16.2. The van der Waals surface area contributed by atoms with Crippen LogP contribution in [0.4, 0.5) is 0 Å². The van der Waals surface area contributed by atoms with Crippen molar-refractivity contribution < 1.29 is 0 Å². The standard InChI is InChI=1S/C18H31N3/c1-8-10-18(13(3)4)20-15(6)17-11-19-21(16(17)7)12-14(5)9-2/h10-11,13-14H,8-9,12H2,1-7H3/b18-10+,20-15-. The highest BCUT2D eigenvalue weighted by atomic mass is 15.3. The van der Waals surface area contributed by atoms with E-state index in [1.165, 1.54) is 23.4 Å². The molecule has 0 aliphatic carbocycles. The van der Waals surface area contributed by atoms with Crippen LogP contribution in [0.5, 0.6) is 0 Å². The van der Waals surface area contributed by atoms with Crippen LogP contribution in [0, 0.1) is 18.8 Å². The van der Waals surface area contributed by atoms with Gasteiger partial charge in [0.2, 0.25) is 0 Å². The van der Waals surface area contributed by atoms with Crippen LogP contribution in [0.1, 0.15) is 65.6 Å². The van der Waals surface area contributed by atoms with E-state index in [1.807, 2.05) is 6.20 Å². The van der Waals surface area contributed by atoms with Crippen molar-refractivity contribution in [3.05, 3.63) is 29.2 Å². The summed E-state index contributed by atoms with van der Waals surface area (Å²) < 4.78 is 2.11. The summed E-state index contributed by atoms with van der Waals surface area (Å²) in [4.78, 5) is 4.83. The van der Waals surface area contributed by atoms with Crippen molar-refractivity contribution in [3.8, 4) is 0 Å². The molecule has 118 valence electrons. The zero-order chi connectivity index (χ0) is 16.0. The fourth-order valence-corrected chi connectivity index (χ4v) is 2.28. The van der Waals surface area contributed by atoms with Crippen LogP contribution >= 0.6 is 0 Å². The van der Waals surface area contributed by atoms with Gasteiger partial charge in [-0.2, -0.15) is 5.10 Å². The highest BCUT2D eigenvalue weighted by Gasteiger charge is 2.12. The molecule has 1 heterocycles. The van der Waals surface area contributed by atoms with Gasteiger partial charge in [-0.1, -0.05) is 47.1 Å². The van der Waals surface area contributed by atoms with Gasteiger partial charge < -0.3 is 0 Å². The van der Waals surface area contributed by atoms with Gasteiger partial charge in [0.1, 0.15) is 0 Å². The molecule has 3 nitrogen and oxygen atoms in total. The Balaban J connectivity index is 3.03. The summed E-state index contributed by atoms with van der Waals surface area (Å²) >= 11 is 0. The Kier molecular flexibility index (Phi) is 6.86. The first kappa shape index (κ1) is 17.7. The van der Waals surface area contributed by atoms with Crippen molar-refractivity contribution in [1.29, 1.82) is 0 Å². The average Bonchev–Trinajstić information content (AvgIpc) is 2.79. The fourth-order valence-electron chi connectivity index (χ4n) is 2.28. The van der Waals surface area contributed by atoms with Crippen molar-refractivity contribution in [1.82, 2.24) is 9.78 Å². The highest BCUT2D eigenvalue weighted by Crippen LogP contribution is 2.17. The lowest BCUT2D eigenvalue weighted by Crippen LogP contribution is -2.10. The number of aliphatic imine (C=N–C) groups is 1. The van der Waals surface area contributed by atoms with Gasteiger partial charge in [0.15, 0.2) is 0 Å². The van der Waals surface area contributed by atoms with Crippen molar-refractivity contribution in [3.63, 3.8) is 0 Å². The van der Waals surface area contributed by atoms with E-state index in [9.17, 15) is 0 Å². The maximum absolute atomic E-state index is 4.83. The first-order valence-electron chi connectivity index (χ1n) is 8.18. The molecule has 3 heteroatoms. The number of hydrogen-bond acceptors (Lipinski definition) is 2. The lowest BCUT2D eigenvalue weighted by Gasteiger charge is -2.11. The molecule has 0 fully saturated rings. The second-order valence-electron chi connectivity index (χ2n) is 6.23. The van der Waals surface area contributed by atoms with Crippen molar-refractivity contribution in [2.75, 3.05) is 0 Å². The molecule has 1 atom stereocenters. The highest BCUT2D eigenvalue weighted by molar-refractivity contribution is 6.00. The molecule has 1 unspecified atom stereocenters. The van der Waals surface area contributed by atoms with Crippen LogP contribution < -0.4 is 0 Å². The van der Waals surface area contributed by atoms with E-state index in [0.717, 1.165) is 18.7 Å². The quantitative estimate of drug-likeness (QED) is 0.650. The van der Waals surface area contributed by atoms with Crippen molar-refractivity contribution in [2.45, 2.75) is 67.9 Å². The van der Waals surface area contributed by atoms with Gasteiger partial charge in [0, 0.05) is 29.2 Å². The van der Waals surface area contributed by atoms with E-state index in [2.05, 4.69) is 64.3 Å². The maximum Gasteiger partial charge on any atom is 0.0583 e. The van der Waals surface area contributed by atoms with E-state index >= 15 is 0 Å². The van der Waals surface area contributed by atoms with Gasteiger partial charge in [-0.3, -0.25) is 9.67 Å². The minimum absolute atomic E-state index is 0.454. The largest absolute Gasteiger partial charge is 0.269 e. The number of nitrogens with zero attached hydrogens (tertiary/aromatic N) is 3. The summed E-state index contributed by atoms with van der Waals surface area (Å²) in [5.41, 5.74) is 4.62. The molecule has 0 spiro atoms. The Bertz CT molecular complexity index is 507. The third kappa shape index (κ3) is 4.83. The summed E-state index contributed by atoms with van der Waals surface area (Å²) in [5.74, 6) is 1.11. The smallest absolute Gasteiger partial charge is 0.0583 e. The minimum atomic E-state index is 0.454. The van der Waals surface area contributed by atoms with Crippen LogP contribution in [0.3, 0.4) is 0 Å². The molecule has 1 aromatic rings. The molecule has 0 radical (unpaired) electrons. The van der Waals surface area contributed by atoms with Crippen molar-refractivity contribution in [2.24, 2.45) is 16.8 Å². The molecule has 21 heavy (non-hydrogen) atoms. The number of allylic oxidation sites excluding steroid dienone is 2. The number of rotatable bonds is 7. The molecule has 0 amide bonds. The second kappa shape index (κ2) is 8.16. The Morgan fingerprint density at radius 2 is 2.00 bits per heavy atom. The van der Waals surface area contributed by atoms with Gasteiger partial charge in [-0.25, -0.2) is 0 Å². The van der Waals surface area contributed by atoms with Crippen LogP contribution in [-0.4, -0.2) is 15.5 Å². The lowest BCUT2D eigenvalue weighted by molar-refractivity contribution is 0.432. The van der Waals surface area contributed by atoms with Crippen LogP contribution in [0.25, 0.3) is 0 Å². The monoisotopic (exact) mass is 289 g/mol. The Morgan fingerprint density at radius 1 is 1.33 bits per heavy atom. The summed E-state index contributed by atoms with van der Waals surface area (Å²) in [7, 11) is 0. The molecular weight excluding hydrogens is 258 g/mol. The fraction of sp³-hybridized carbons (Fsp3) is 0.667. The van der Waals surface area contributed by atoms with Crippen molar-refractivity contribution >= 4 is 5.71 Å².